The predicted octanol–water partition coefficient (Wildman–Crippen LogP) is 4.84. The minimum atomic E-state index is -3.72. The summed E-state index contributed by atoms with van der Waals surface area (Å²) in [5.74, 6) is 1.54. The highest BCUT2D eigenvalue weighted by Crippen LogP contribution is 2.37. The number of ether oxygens (including phenoxy) is 2. The summed E-state index contributed by atoms with van der Waals surface area (Å²) >= 11 is 12.7. The zero-order chi connectivity index (χ0) is 25.4. The number of imidazole rings is 1. The van der Waals surface area contributed by atoms with Crippen LogP contribution in [0.5, 0.6) is 11.6 Å². The van der Waals surface area contributed by atoms with Crippen LogP contribution in [0.3, 0.4) is 0 Å². The molecule has 0 atom stereocenters. The Morgan fingerprint density at radius 2 is 1.75 bits per heavy atom. The number of aromatic nitrogens is 4. The Balaban J connectivity index is 1.48. The van der Waals surface area contributed by atoms with Crippen molar-refractivity contribution in [3.05, 3.63) is 58.8 Å². The number of methoxy groups -OCH3 is 2. The van der Waals surface area contributed by atoms with Gasteiger partial charge in [-0.25, -0.2) is 13.4 Å². The van der Waals surface area contributed by atoms with E-state index in [-0.39, 0.29) is 16.0 Å². The van der Waals surface area contributed by atoms with Gasteiger partial charge in [-0.15, -0.1) is 0 Å². The molecule has 0 bridgehead atoms. The fraction of sp³-hybridized carbons (Fsp3) is 0.292. The lowest BCUT2D eigenvalue weighted by Crippen LogP contribution is -2.39. The van der Waals surface area contributed by atoms with Crippen LogP contribution in [0, 0.1) is 0 Å². The van der Waals surface area contributed by atoms with Crippen LogP contribution >= 0.6 is 23.2 Å². The molecule has 1 aliphatic rings. The molecular formula is C24H23Cl2N5O4S. The van der Waals surface area contributed by atoms with Crippen molar-refractivity contribution >= 4 is 44.4 Å². The van der Waals surface area contributed by atoms with Crippen molar-refractivity contribution in [2.24, 2.45) is 0 Å². The highest BCUT2D eigenvalue weighted by atomic mass is 35.5. The van der Waals surface area contributed by atoms with Gasteiger partial charge in [0.15, 0.2) is 5.65 Å². The monoisotopic (exact) mass is 547 g/mol. The average Bonchev–Trinajstić information content (AvgIpc) is 3.27. The first-order valence-corrected chi connectivity index (χ1v) is 13.4. The van der Waals surface area contributed by atoms with Crippen LogP contribution in [-0.2, 0) is 10.0 Å². The second-order valence-electron chi connectivity index (χ2n) is 8.29. The third-order valence-electron chi connectivity index (χ3n) is 6.28. The Kier molecular flexibility index (Phi) is 6.78. The van der Waals surface area contributed by atoms with Gasteiger partial charge in [-0.1, -0.05) is 23.2 Å². The summed E-state index contributed by atoms with van der Waals surface area (Å²) in [5, 5.41) is 0.717. The van der Waals surface area contributed by atoms with Crippen molar-refractivity contribution in [1.82, 2.24) is 23.8 Å². The third kappa shape index (κ3) is 4.39. The molecule has 4 heterocycles. The van der Waals surface area contributed by atoms with E-state index in [4.69, 9.17) is 37.7 Å². The first-order valence-electron chi connectivity index (χ1n) is 11.2. The number of halogens is 2. The summed E-state index contributed by atoms with van der Waals surface area (Å²) in [4.78, 5) is 13.7. The smallest absolute Gasteiger partial charge is 0.243 e. The Hall–Kier alpha value is -2.92. The number of sulfonamides is 1. The fourth-order valence-corrected chi connectivity index (χ4v) is 6.48. The summed E-state index contributed by atoms with van der Waals surface area (Å²) in [6.07, 6.45) is 4.35. The summed E-state index contributed by atoms with van der Waals surface area (Å²) < 4.78 is 40.6. The number of hydrogen-bond donors (Lipinski definition) is 0. The number of benzene rings is 1. The lowest BCUT2D eigenvalue weighted by atomic mass is 10.1. The second kappa shape index (κ2) is 9.85. The van der Waals surface area contributed by atoms with Gasteiger partial charge in [0.25, 0.3) is 0 Å². The molecule has 9 nitrogen and oxygen atoms in total. The first-order chi connectivity index (χ1) is 17.3. The molecule has 1 fully saturated rings. The van der Waals surface area contributed by atoms with Gasteiger partial charge in [-0.3, -0.25) is 4.98 Å². The zero-order valence-corrected chi connectivity index (χ0v) is 21.9. The van der Waals surface area contributed by atoms with Gasteiger partial charge in [-0.05, 0) is 43.2 Å². The first kappa shape index (κ1) is 24.8. The van der Waals surface area contributed by atoms with Gasteiger partial charge < -0.3 is 14.0 Å². The normalized spacial score (nSPS) is 15.3. The van der Waals surface area contributed by atoms with Crippen molar-refractivity contribution in [3.8, 4) is 23.0 Å². The lowest BCUT2D eigenvalue weighted by molar-refractivity contribution is 0.278. The quantitative estimate of drug-likeness (QED) is 0.340. The van der Waals surface area contributed by atoms with Gasteiger partial charge in [0.05, 0.1) is 29.2 Å². The van der Waals surface area contributed by atoms with Crippen molar-refractivity contribution in [3.63, 3.8) is 0 Å². The molecule has 0 aliphatic carbocycles. The molecule has 3 aromatic heterocycles. The number of pyridine rings is 2. The maximum absolute atomic E-state index is 13.3. The molecule has 188 valence electrons. The fourth-order valence-electron chi connectivity index (χ4n) is 4.46. The Morgan fingerprint density at radius 1 is 0.972 bits per heavy atom. The van der Waals surface area contributed by atoms with E-state index in [0.717, 1.165) is 5.56 Å². The Labute approximate surface area is 218 Å². The van der Waals surface area contributed by atoms with Crippen LogP contribution in [0.15, 0.2) is 53.7 Å². The van der Waals surface area contributed by atoms with E-state index in [1.807, 2.05) is 16.7 Å². The molecule has 0 spiro atoms. The highest BCUT2D eigenvalue weighted by Gasteiger charge is 2.32. The Morgan fingerprint density at radius 3 is 2.42 bits per heavy atom. The van der Waals surface area contributed by atoms with Gasteiger partial charge in [-0.2, -0.15) is 9.29 Å². The molecule has 12 heteroatoms. The third-order valence-corrected chi connectivity index (χ3v) is 8.78. The lowest BCUT2D eigenvalue weighted by Gasteiger charge is -2.32. The Bertz CT molecular complexity index is 1540. The number of hydrogen-bond acceptors (Lipinski definition) is 7. The van der Waals surface area contributed by atoms with Gasteiger partial charge in [0.2, 0.25) is 15.9 Å². The molecule has 4 aromatic rings. The van der Waals surface area contributed by atoms with E-state index in [2.05, 4.69) is 9.97 Å². The summed E-state index contributed by atoms with van der Waals surface area (Å²) in [6, 6.07) is 9.85. The standard InChI is InChI=1S/C24H23Cl2N5O4S/c1-34-21-5-3-16(13-18(21)25)36(32,33)30-11-8-15(9-12-30)31-23(17-7-10-27-14-19(17)26)28-20-4-6-22(35-2)29-24(20)31/h3-7,10,13-15H,8-9,11-12H2,1-2H3. The van der Waals surface area contributed by atoms with Crippen LogP contribution in [0.1, 0.15) is 18.9 Å². The molecule has 1 aromatic carbocycles. The molecule has 1 saturated heterocycles. The van der Waals surface area contributed by atoms with Crippen molar-refractivity contribution in [1.29, 1.82) is 0 Å². The second-order valence-corrected chi connectivity index (χ2v) is 11.0. The zero-order valence-electron chi connectivity index (χ0n) is 19.6. The molecule has 0 unspecified atom stereocenters. The van der Waals surface area contributed by atoms with E-state index in [9.17, 15) is 8.42 Å². The van der Waals surface area contributed by atoms with Crippen LogP contribution in [0.4, 0.5) is 0 Å². The van der Waals surface area contributed by atoms with Gasteiger partial charge >= 0.3 is 0 Å². The van der Waals surface area contributed by atoms with Gasteiger partial charge in [0, 0.05) is 43.2 Å². The van der Waals surface area contributed by atoms with Crippen LogP contribution in [0.25, 0.3) is 22.6 Å². The summed E-state index contributed by atoms with van der Waals surface area (Å²) in [5.41, 5.74) is 2.08. The maximum atomic E-state index is 13.3. The van der Waals surface area contributed by atoms with E-state index in [0.29, 0.717) is 59.6 Å². The minimum absolute atomic E-state index is 0.0558. The van der Waals surface area contributed by atoms with Crippen LogP contribution < -0.4 is 9.47 Å². The van der Waals surface area contributed by atoms with Crippen molar-refractivity contribution in [2.45, 2.75) is 23.8 Å². The SMILES string of the molecule is COc1ccc2nc(-c3ccncc3Cl)n(C3CCN(S(=O)(=O)c4ccc(OC)c(Cl)c4)CC3)c2n1. The molecule has 5 rings (SSSR count). The molecule has 0 radical (unpaired) electrons. The maximum Gasteiger partial charge on any atom is 0.243 e. The van der Waals surface area contributed by atoms with E-state index in [1.165, 1.54) is 23.5 Å². The molecule has 0 saturated carbocycles. The average molecular weight is 548 g/mol. The summed E-state index contributed by atoms with van der Waals surface area (Å²) in [7, 11) is -0.677. The highest BCUT2D eigenvalue weighted by molar-refractivity contribution is 7.89. The number of fused-ring (bicyclic) bond motifs is 1. The summed E-state index contributed by atoms with van der Waals surface area (Å²) in [6.45, 7) is 0.646. The van der Waals surface area contributed by atoms with Crippen LogP contribution in [0.2, 0.25) is 10.0 Å². The number of rotatable bonds is 6. The topological polar surface area (TPSA) is 99.4 Å². The van der Waals surface area contributed by atoms with Crippen LogP contribution in [-0.4, -0.2) is 59.6 Å². The van der Waals surface area contributed by atoms with E-state index in [1.54, 1.807) is 31.6 Å². The molecule has 1 aliphatic heterocycles. The molecule has 0 amide bonds. The predicted molar refractivity (Wildman–Crippen MR) is 137 cm³/mol. The van der Waals surface area contributed by atoms with Gasteiger partial charge in [0.1, 0.15) is 17.1 Å². The van der Waals surface area contributed by atoms with Crippen molar-refractivity contribution in [2.75, 3.05) is 27.3 Å². The van der Waals surface area contributed by atoms with E-state index >= 15 is 0 Å². The number of nitrogens with zero attached hydrogens (tertiary/aromatic N) is 5. The molecule has 0 N–H and O–H groups in total. The largest absolute Gasteiger partial charge is 0.495 e. The van der Waals surface area contributed by atoms with Crippen molar-refractivity contribution < 1.29 is 17.9 Å². The minimum Gasteiger partial charge on any atom is -0.495 e. The van der Waals surface area contributed by atoms with E-state index < -0.39 is 10.0 Å². The number of piperidine rings is 1. The molecule has 36 heavy (non-hydrogen) atoms. The molecular weight excluding hydrogens is 525 g/mol.